The fraction of sp³-hybridized carbons (Fsp3) is 0.136. The molecule has 0 fully saturated rings. The van der Waals surface area contributed by atoms with Crippen LogP contribution in [0, 0.1) is 0 Å². The number of benzene rings is 3. The third-order valence-corrected chi connectivity index (χ3v) is 6.36. The first-order valence-corrected chi connectivity index (χ1v) is 11.4. The lowest BCUT2D eigenvalue weighted by Crippen LogP contribution is -2.26. The number of carbonyl (C=O) groups is 1. The zero-order valence-corrected chi connectivity index (χ0v) is 18.8. The summed E-state index contributed by atoms with van der Waals surface area (Å²) < 4.78 is 33.7. The van der Waals surface area contributed by atoms with Gasteiger partial charge in [0.1, 0.15) is 5.75 Å². The van der Waals surface area contributed by atoms with Crippen molar-refractivity contribution in [3.63, 3.8) is 0 Å². The van der Waals surface area contributed by atoms with Crippen LogP contribution in [0.3, 0.4) is 0 Å². The number of ether oxygens (including phenoxy) is 1. The van der Waals surface area contributed by atoms with Crippen LogP contribution in [0.2, 0.25) is 0 Å². The molecule has 0 saturated heterocycles. The van der Waals surface area contributed by atoms with E-state index < -0.39 is 10.0 Å². The molecule has 0 aliphatic rings. The fourth-order valence-electron chi connectivity index (χ4n) is 2.80. The monoisotopic (exact) mass is 488 g/mol. The highest BCUT2D eigenvalue weighted by molar-refractivity contribution is 9.10. The van der Waals surface area contributed by atoms with E-state index in [-0.39, 0.29) is 16.8 Å². The molecule has 30 heavy (non-hydrogen) atoms. The van der Waals surface area contributed by atoms with Gasteiger partial charge in [0, 0.05) is 15.7 Å². The number of anilines is 1. The Morgan fingerprint density at radius 3 is 2.27 bits per heavy atom. The molecule has 3 rings (SSSR count). The Kier molecular flexibility index (Phi) is 6.79. The van der Waals surface area contributed by atoms with Gasteiger partial charge in [-0.1, -0.05) is 28.1 Å². The van der Waals surface area contributed by atoms with Gasteiger partial charge in [-0.15, -0.1) is 0 Å². The highest BCUT2D eigenvalue weighted by atomic mass is 79.9. The number of halogens is 1. The standard InChI is InChI=1S/C22H21BrN2O4S/c1-15(17-4-3-5-18(23)14-17)24-22(26)16-6-12-21(13-7-16)30(27,28)25-19-8-10-20(29-2)11-9-19/h3-15,25H,1-2H3,(H,24,26). The SMILES string of the molecule is COc1ccc(NS(=O)(=O)c2ccc(C(=O)NC(C)c3cccc(Br)c3)cc2)cc1. The molecule has 6 nitrogen and oxygen atoms in total. The quantitative estimate of drug-likeness (QED) is 0.502. The highest BCUT2D eigenvalue weighted by Gasteiger charge is 2.16. The van der Waals surface area contributed by atoms with E-state index in [2.05, 4.69) is 26.0 Å². The van der Waals surface area contributed by atoms with E-state index >= 15 is 0 Å². The van der Waals surface area contributed by atoms with E-state index in [1.165, 1.54) is 31.4 Å². The second-order valence-electron chi connectivity index (χ2n) is 6.61. The molecule has 0 saturated carbocycles. The number of sulfonamides is 1. The molecule has 1 atom stereocenters. The van der Waals surface area contributed by atoms with Crippen LogP contribution in [0.4, 0.5) is 5.69 Å². The number of nitrogens with one attached hydrogen (secondary N) is 2. The van der Waals surface area contributed by atoms with Crippen molar-refractivity contribution in [1.29, 1.82) is 0 Å². The lowest BCUT2D eigenvalue weighted by molar-refractivity contribution is 0.0939. The molecule has 0 aliphatic carbocycles. The van der Waals surface area contributed by atoms with Gasteiger partial charge in [-0.3, -0.25) is 9.52 Å². The lowest BCUT2D eigenvalue weighted by Gasteiger charge is -2.15. The van der Waals surface area contributed by atoms with Gasteiger partial charge in [-0.05, 0) is 73.2 Å². The van der Waals surface area contributed by atoms with E-state index in [4.69, 9.17) is 4.74 Å². The second-order valence-corrected chi connectivity index (χ2v) is 9.21. The predicted molar refractivity (Wildman–Crippen MR) is 120 cm³/mol. The maximum Gasteiger partial charge on any atom is 0.261 e. The van der Waals surface area contributed by atoms with Gasteiger partial charge in [0.15, 0.2) is 0 Å². The van der Waals surface area contributed by atoms with Crippen molar-refractivity contribution in [2.24, 2.45) is 0 Å². The number of carbonyl (C=O) groups excluding carboxylic acids is 1. The molecule has 8 heteroatoms. The van der Waals surface area contributed by atoms with Crippen LogP contribution in [0.1, 0.15) is 28.9 Å². The molecule has 0 aromatic heterocycles. The van der Waals surface area contributed by atoms with Crippen LogP contribution < -0.4 is 14.8 Å². The minimum Gasteiger partial charge on any atom is -0.497 e. The molecule has 1 unspecified atom stereocenters. The Morgan fingerprint density at radius 2 is 1.67 bits per heavy atom. The van der Waals surface area contributed by atoms with Crippen molar-refractivity contribution < 1.29 is 17.9 Å². The number of rotatable bonds is 7. The molecular formula is C22H21BrN2O4S. The van der Waals surface area contributed by atoms with Crippen molar-refractivity contribution in [2.75, 3.05) is 11.8 Å². The first kappa shape index (κ1) is 21.9. The van der Waals surface area contributed by atoms with E-state index in [1.807, 2.05) is 31.2 Å². The first-order chi connectivity index (χ1) is 14.3. The Hall–Kier alpha value is -2.84. The molecule has 0 heterocycles. The summed E-state index contributed by atoms with van der Waals surface area (Å²) in [5, 5.41) is 2.91. The van der Waals surface area contributed by atoms with Crippen LogP contribution in [0.15, 0.2) is 82.2 Å². The molecule has 0 aliphatic heterocycles. The van der Waals surface area contributed by atoms with Crippen LogP contribution in [-0.4, -0.2) is 21.4 Å². The van der Waals surface area contributed by atoms with Gasteiger partial charge in [-0.2, -0.15) is 0 Å². The molecule has 3 aromatic rings. The van der Waals surface area contributed by atoms with Gasteiger partial charge < -0.3 is 10.1 Å². The molecule has 1 amide bonds. The number of hydrogen-bond donors (Lipinski definition) is 2. The molecule has 3 aromatic carbocycles. The normalized spacial score (nSPS) is 12.1. The summed E-state index contributed by atoms with van der Waals surface area (Å²) in [6, 6.07) is 19.8. The minimum atomic E-state index is -3.77. The van der Waals surface area contributed by atoms with E-state index in [0.29, 0.717) is 17.0 Å². The fourth-order valence-corrected chi connectivity index (χ4v) is 4.27. The highest BCUT2D eigenvalue weighted by Crippen LogP contribution is 2.21. The molecular weight excluding hydrogens is 468 g/mol. The molecule has 156 valence electrons. The maximum absolute atomic E-state index is 12.6. The molecule has 0 spiro atoms. The number of methoxy groups -OCH3 is 1. The summed E-state index contributed by atoms with van der Waals surface area (Å²) in [7, 11) is -2.24. The summed E-state index contributed by atoms with van der Waals surface area (Å²) in [6.07, 6.45) is 0. The molecule has 0 bridgehead atoms. The molecule has 0 radical (unpaired) electrons. The Balaban J connectivity index is 1.69. The van der Waals surface area contributed by atoms with Crippen LogP contribution in [0.25, 0.3) is 0 Å². The summed E-state index contributed by atoms with van der Waals surface area (Å²) in [5.74, 6) is 0.347. The number of hydrogen-bond acceptors (Lipinski definition) is 4. The van der Waals surface area contributed by atoms with Crippen molar-refractivity contribution in [1.82, 2.24) is 5.32 Å². The topological polar surface area (TPSA) is 84.5 Å². The Bertz CT molecular complexity index is 1130. The Labute approximate surface area is 184 Å². The average molecular weight is 489 g/mol. The van der Waals surface area contributed by atoms with Crippen molar-refractivity contribution >= 4 is 37.5 Å². The van der Waals surface area contributed by atoms with Gasteiger partial charge in [-0.25, -0.2) is 8.42 Å². The van der Waals surface area contributed by atoms with Crippen molar-refractivity contribution in [3.05, 3.63) is 88.4 Å². The maximum atomic E-state index is 12.6. The van der Waals surface area contributed by atoms with E-state index in [9.17, 15) is 13.2 Å². The van der Waals surface area contributed by atoms with Gasteiger partial charge in [0.05, 0.1) is 18.0 Å². The zero-order chi connectivity index (χ0) is 21.7. The summed E-state index contributed by atoms with van der Waals surface area (Å²) >= 11 is 3.42. The van der Waals surface area contributed by atoms with Crippen LogP contribution >= 0.6 is 15.9 Å². The first-order valence-electron chi connectivity index (χ1n) is 9.12. The number of amides is 1. The second kappa shape index (κ2) is 9.32. The summed E-state index contributed by atoms with van der Waals surface area (Å²) in [6.45, 7) is 1.89. The average Bonchev–Trinajstić information content (AvgIpc) is 2.74. The predicted octanol–water partition coefficient (Wildman–Crippen LogP) is 4.75. The molecule has 2 N–H and O–H groups in total. The summed E-state index contributed by atoms with van der Waals surface area (Å²) in [4.78, 5) is 12.6. The van der Waals surface area contributed by atoms with Gasteiger partial charge in [0.2, 0.25) is 0 Å². The third kappa shape index (κ3) is 5.40. The largest absolute Gasteiger partial charge is 0.497 e. The van der Waals surface area contributed by atoms with Gasteiger partial charge >= 0.3 is 0 Å². The van der Waals surface area contributed by atoms with Crippen LogP contribution in [0.5, 0.6) is 5.75 Å². The zero-order valence-electron chi connectivity index (χ0n) is 16.4. The minimum absolute atomic E-state index is 0.0647. The third-order valence-electron chi connectivity index (χ3n) is 4.47. The smallest absolute Gasteiger partial charge is 0.261 e. The van der Waals surface area contributed by atoms with E-state index in [0.717, 1.165) is 10.0 Å². The van der Waals surface area contributed by atoms with Crippen molar-refractivity contribution in [3.8, 4) is 5.75 Å². The van der Waals surface area contributed by atoms with Crippen molar-refractivity contribution in [2.45, 2.75) is 17.9 Å². The summed E-state index contributed by atoms with van der Waals surface area (Å²) in [5.41, 5.74) is 1.75. The lowest BCUT2D eigenvalue weighted by atomic mass is 10.1. The van der Waals surface area contributed by atoms with Crippen LogP contribution in [-0.2, 0) is 10.0 Å². The van der Waals surface area contributed by atoms with E-state index in [1.54, 1.807) is 24.3 Å². The Morgan fingerprint density at radius 1 is 1.00 bits per heavy atom. The van der Waals surface area contributed by atoms with Gasteiger partial charge in [0.25, 0.3) is 15.9 Å².